The van der Waals surface area contributed by atoms with E-state index in [0.29, 0.717) is 6.54 Å². The summed E-state index contributed by atoms with van der Waals surface area (Å²) in [5, 5.41) is 36.4. The summed E-state index contributed by atoms with van der Waals surface area (Å²) in [6.07, 6.45) is 15.8. The third kappa shape index (κ3) is 14.3. The van der Waals surface area contributed by atoms with Crippen LogP contribution in [0.25, 0.3) is 0 Å². The van der Waals surface area contributed by atoms with Crippen molar-refractivity contribution in [3.63, 3.8) is 0 Å². The van der Waals surface area contributed by atoms with Gasteiger partial charge in [-0.05, 0) is 18.5 Å². The fraction of sp³-hybridized carbons (Fsp3) is 0.781. The summed E-state index contributed by atoms with van der Waals surface area (Å²) in [7, 11) is 0. The highest BCUT2D eigenvalue weighted by Crippen LogP contribution is 2.21. The lowest BCUT2D eigenvalue weighted by atomic mass is 9.96. The standard InChI is InChI=1S/C32H56N2O6/c1-2-3-4-5-6-7-8-9-10-11-12-13-14-15-16-20-23-33-31-28(30(37)29(36)27(24-35)40-31)34-32(38)39-25-26-21-18-17-19-22-26/h17-19,21-22,27-31,33,35-37H,2-16,20,23-25H2,1H3,(H,34,38)/t27-,28-,29-,30-,31-/m1/s1. The highest BCUT2D eigenvalue weighted by atomic mass is 16.6. The topological polar surface area (TPSA) is 120 Å². The smallest absolute Gasteiger partial charge is 0.407 e. The second-order valence-electron chi connectivity index (χ2n) is 11.2. The molecule has 1 heterocycles. The van der Waals surface area contributed by atoms with Gasteiger partial charge >= 0.3 is 6.09 Å². The number of hydrogen-bond acceptors (Lipinski definition) is 7. The van der Waals surface area contributed by atoms with Crippen LogP contribution in [0.4, 0.5) is 4.79 Å². The lowest BCUT2D eigenvalue weighted by Gasteiger charge is -2.42. The lowest BCUT2D eigenvalue weighted by molar-refractivity contribution is -0.200. The zero-order valence-corrected chi connectivity index (χ0v) is 24.8. The monoisotopic (exact) mass is 564 g/mol. The first-order valence-electron chi connectivity index (χ1n) is 15.9. The highest BCUT2D eigenvalue weighted by Gasteiger charge is 2.45. The first-order chi connectivity index (χ1) is 19.6. The fourth-order valence-electron chi connectivity index (χ4n) is 5.27. The molecule has 0 spiro atoms. The number of benzene rings is 1. The minimum absolute atomic E-state index is 0.0927. The van der Waals surface area contributed by atoms with Crippen LogP contribution >= 0.6 is 0 Å². The van der Waals surface area contributed by atoms with Gasteiger partial charge in [0, 0.05) is 0 Å². The molecule has 230 valence electrons. The molecule has 0 aromatic heterocycles. The molecule has 8 nitrogen and oxygen atoms in total. The molecule has 5 N–H and O–H groups in total. The second-order valence-corrected chi connectivity index (χ2v) is 11.2. The normalized spacial score (nSPS) is 22.8. The molecule has 2 rings (SSSR count). The Bertz CT molecular complexity index is 752. The molecule has 1 aromatic carbocycles. The van der Waals surface area contributed by atoms with E-state index in [4.69, 9.17) is 9.47 Å². The van der Waals surface area contributed by atoms with Crippen LogP contribution in [0.1, 0.15) is 115 Å². The molecule has 0 radical (unpaired) electrons. The number of aliphatic hydroxyl groups is 3. The molecule has 5 atom stereocenters. The molecular formula is C32H56N2O6. The van der Waals surface area contributed by atoms with E-state index in [1.165, 1.54) is 89.9 Å². The Morgan fingerprint density at radius 2 is 1.32 bits per heavy atom. The fourth-order valence-corrected chi connectivity index (χ4v) is 5.27. The van der Waals surface area contributed by atoms with Crippen LogP contribution in [0.2, 0.25) is 0 Å². The van der Waals surface area contributed by atoms with Gasteiger partial charge in [-0.25, -0.2) is 4.79 Å². The van der Waals surface area contributed by atoms with Gasteiger partial charge in [0.05, 0.1) is 6.61 Å². The molecular weight excluding hydrogens is 508 g/mol. The van der Waals surface area contributed by atoms with Crippen molar-refractivity contribution in [2.24, 2.45) is 0 Å². The van der Waals surface area contributed by atoms with Crippen molar-refractivity contribution in [3.05, 3.63) is 35.9 Å². The quantitative estimate of drug-likeness (QED) is 0.117. The number of nitrogens with one attached hydrogen (secondary N) is 2. The lowest BCUT2D eigenvalue weighted by Crippen LogP contribution is -2.67. The molecule has 0 aliphatic carbocycles. The summed E-state index contributed by atoms with van der Waals surface area (Å²) >= 11 is 0. The number of unbranched alkanes of at least 4 members (excludes halogenated alkanes) is 15. The Hall–Kier alpha value is -1.71. The average molecular weight is 565 g/mol. The Balaban J connectivity index is 1.56. The van der Waals surface area contributed by atoms with Crippen LogP contribution in [-0.2, 0) is 16.1 Å². The maximum absolute atomic E-state index is 12.4. The molecule has 40 heavy (non-hydrogen) atoms. The number of carbonyl (C=O) groups is 1. The van der Waals surface area contributed by atoms with Crippen LogP contribution in [0.3, 0.4) is 0 Å². The summed E-state index contributed by atoms with van der Waals surface area (Å²) < 4.78 is 11.1. The Labute approximate surface area is 242 Å². The molecule has 1 amide bonds. The van der Waals surface area contributed by atoms with E-state index in [0.717, 1.165) is 18.4 Å². The minimum Gasteiger partial charge on any atom is -0.445 e. The van der Waals surface area contributed by atoms with Gasteiger partial charge in [0.25, 0.3) is 0 Å². The number of rotatable bonds is 22. The van der Waals surface area contributed by atoms with Gasteiger partial charge in [-0.3, -0.25) is 5.32 Å². The van der Waals surface area contributed by atoms with Crippen molar-refractivity contribution in [2.45, 2.75) is 147 Å². The van der Waals surface area contributed by atoms with Gasteiger partial charge < -0.3 is 30.1 Å². The average Bonchev–Trinajstić information content (AvgIpc) is 2.97. The minimum atomic E-state index is -1.32. The summed E-state index contributed by atoms with van der Waals surface area (Å²) in [6, 6.07) is 8.39. The van der Waals surface area contributed by atoms with Crippen LogP contribution in [0, 0.1) is 0 Å². The summed E-state index contributed by atoms with van der Waals surface area (Å²) in [5.74, 6) is 0. The maximum atomic E-state index is 12.4. The van der Waals surface area contributed by atoms with E-state index in [1.54, 1.807) is 0 Å². The molecule has 1 aromatic rings. The van der Waals surface area contributed by atoms with Gasteiger partial charge in [-0.1, -0.05) is 134 Å². The van der Waals surface area contributed by atoms with Crippen molar-refractivity contribution >= 4 is 6.09 Å². The van der Waals surface area contributed by atoms with Crippen molar-refractivity contribution in [1.82, 2.24) is 10.6 Å². The van der Waals surface area contributed by atoms with E-state index in [1.807, 2.05) is 30.3 Å². The van der Waals surface area contributed by atoms with Gasteiger partial charge in [-0.15, -0.1) is 0 Å². The number of amides is 1. The van der Waals surface area contributed by atoms with Gasteiger partial charge in [-0.2, -0.15) is 0 Å². The zero-order chi connectivity index (χ0) is 28.8. The Morgan fingerprint density at radius 1 is 0.800 bits per heavy atom. The Morgan fingerprint density at radius 3 is 1.85 bits per heavy atom. The van der Waals surface area contributed by atoms with Crippen molar-refractivity contribution in [3.8, 4) is 0 Å². The largest absolute Gasteiger partial charge is 0.445 e. The van der Waals surface area contributed by atoms with Crippen LogP contribution in [-0.4, -0.2) is 65.1 Å². The molecule has 1 aliphatic heterocycles. The number of hydrogen-bond donors (Lipinski definition) is 5. The highest BCUT2D eigenvalue weighted by molar-refractivity contribution is 5.67. The molecule has 1 aliphatic rings. The van der Waals surface area contributed by atoms with Crippen molar-refractivity contribution in [1.29, 1.82) is 0 Å². The van der Waals surface area contributed by atoms with Crippen LogP contribution in [0.15, 0.2) is 30.3 Å². The second kappa shape index (κ2) is 22.0. The third-order valence-corrected chi connectivity index (χ3v) is 7.80. The van der Waals surface area contributed by atoms with E-state index < -0.39 is 43.3 Å². The van der Waals surface area contributed by atoms with Crippen molar-refractivity contribution in [2.75, 3.05) is 13.2 Å². The number of alkyl carbamates (subject to hydrolysis) is 1. The number of aliphatic hydroxyl groups excluding tert-OH is 3. The van der Waals surface area contributed by atoms with Crippen LogP contribution < -0.4 is 10.6 Å². The van der Waals surface area contributed by atoms with E-state index in [2.05, 4.69) is 17.6 Å². The third-order valence-electron chi connectivity index (χ3n) is 7.80. The first kappa shape index (κ1) is 34.5. The summed E-state index contributed by atoms with van der Waals surface area (Å²) in [6.45, 7) is 2.57. The summed E-state index contributed by atoms with van der Waals surface area (Å²) in [5.41, 5.74) is 0.844. The molecule has 8 heteroatoms. The van der Waals surface area contributed by atoms with Gasteiger partial charge in [0.2, 0.25) is 0 Å². The zero-order valence-electron chi connectivity index (χ0n) is 24.8. The van der Waals surface area contributed by atoms with E-state index in [9.17, 15) is 20.1 Å². The molecule has 1 saturated heterocycles. The van der Waals surface area contributed by atoms with Crippen LogP contribution in [0.5, 0.6) is 0 Å². The maximum Gasteiger partial charge on any atom is 0.407 e. The van der Waals surface area contributed by atoms with Crippen molar-refractivity contribution < 1.29 is 29.6 Å². The molecule has 0 bridgehead atoms. The number of carbonyl (C=O) groups excluding carboxylic acids is 1. The predicted molar refractivity (Wildman–Crippen MR) is 159 cm³/mol. The Kier molecular flexibility index (Phi) is 18.9. The molecule has 0 unspecified atom stereocenters. The first-order valence-corrected chi connectivity index (χ1v) is 15.9. The SMILES string of the molecule is CCCCCCCCCCCCCCCCCCN[C@@H]1O[C@H](CO)[C@@H](O)[C@H](O)[C@H]1NC(=O)OCc1ccccc1. The molecule has 1 fully saturated rings. The number of ether oxygens (including phenoxy) is 2. The van der Waals surface area contributed by atoms with E-state index in [-0.39, 0.29) is 6.61 Å². The predicted octanol–water partition coefficient (Wildman–Crippen LogP) is 5.57. The van der Waals surface area contributed by atoms with Gasteiger partial charge in [0.15, 0.2) is 0 Å². The molecule has 0 saturated carbocycles. The van der Waals surface area contributed by atoms with E-state index >= 15 is 0 Å². The summed E-state index contributed by atoms with van der Waals surface area (Å²) in [4.78, 5) is 12.4. The van der Waals surface area contributed by atoms with Gasteiger partial charge in [0.1, 0.15) is 37.2 Å².